The van der Waals surface area contributed by atoms with Crippen LogP contribution in [0.15, 0.2) is 18.2 Å². The van der Waals surface area contributed by atoms with Gasteiger partial charge in [-0.2, -0.15) is 12.6 Å². The van der Waals surface area contributed by atoms with Crippen LogP contribution in [0.5, 0.6) is 0 Å². The molecule has 2 atom stereocenters. The molecule has 0 aliphatic rings. The van der Waals surface area contributed by atoms with Crippen LogP contribution in [-0.4, -0.2) is 22.1 Å². The number of benzene rings is 1. The Morgan fingerprint density at radius 2 is 1.93 bits per heavy atom. The Kier molecular flexibility index (Phi) is 4.64. The molecule has 0 aliphatic heterocycles. The molecule has 0 saturated heterocycles. The standard InChI is InChI=1S/C12H18O2S/c1-8-3-4-10(9(2)7-8)12(14)11(13)5-6-15/h3-4,7,11-15H,5-6H2,1-2H3. The zero-order valence-electron chi connectivity index (χ0n) is 9.14. The van der Waals surface area contributed by atoms with Crippen molar-refractivity contribution in [2.75, 3.05) is 5.75 Å². The third-order valence-corrected chi connectivity index (χ3v) is 2.79. The zero-order chi connectivity index (χ0) is 11.4. The molecule has 0 heterocycles. The molecule has 0 fully saturated rings. The second-order valence-electron chi connectivity index (χ2n) is 3.88. The Bertz CT molecular complexity index is 325. The van der Waals surface area contributed by atoms with Crippen LogP contribution in [0.2, 0.25) is 0 Å². The fourth-order valence-electron chi connectivity index (χ4n) is 1.65. The van der Waals surface area contributed by atoms with Crippen LogP contribution in [-0.2, 0) is 0 Å². The molecule has 1 rings (SSSR count). The van der Waals surface area contributed by atoms with Crippen LogP contribution in [0.4, 0.5) is 0 Å². The van der Waals surface area contributed by atoms with Crippen molar-refractivity contribution in [2.45, 2.75) is 32.5 Å². The molecule has 0 aromatic heterocycles. The van der Waals surface area contributed by atoms with Gasteiger partial charge in [0.25, 0.3) is 0 Å². The zero-order valence-corrected chi connectivity index (χ0v) is 10.0. The maximum absolute atomic E-state index is 9.91. The summed E-state index contributed by atoms with van der Waals surface area (Å²) in [6.45, 7) is 3.95. The van der Waals surface area contributed by atoms with Crippen LogP contribution in [0.3, 0.4) is 0 Å². The topological polar surface area (TPSA) is 40.5 Å². The van der Waals surface area contributed by atoms with Crippen LogP contribution < -0.4 is 0 Å². The van der Waals surface area contributed by atoms with Gasteiger partial charge in [0.1, 0.15) is 6.10 Å². The largest absolute Gasteiger partial charge is 0.390 e. The Balaban J connectivity index is 2.86. The fourth-order valence-corrected chi connectivity index (χ4v) is 1.92. The van der Waals surface area contributed by atoms with E-state index >= 15 is 0 Å². The van der Waals surface area contributed by atoms with E-state index in [2.05, 4.69) is 12.6 Å². The molecule has 0 radical (unpaired) electrons. The maximum Gasteiger partial charge on any atom is 0.105 e. The third-order valence-electron chi connectivity index (χ3n) is 2.53. The predicted molar refractivity (Wildman–Crippen MR) is 65.4 cm³/mol. The van der Waals surface area contributed by atoms with Gasteiger partial charge in [-0.25, -0.2) is 0 Å². The average Bonchev–Trinajstić information content (AvgIpc) is 2.17. The van der Waals surface area contributed by atoms with Crippen molar-refractivity contribution in [3.63, 3.8) is 0 Å². The normalized spacial score (nSPS) is 15.0. The van der Waals surface area contributed by atoms with Crippen molar-refractivity contribution >= 4 is 12.6 Å². The Hall–Kier alpha value is -0.510. The Labute approximate surface area is 96.4 Å². The van der Waals surface area contributed by atoms with Crippen LogP contribution >= 0.6 is 12.6 Å². The first-order valence-electron chi connectivity index (χ1n) is 5.10. The highest BCUT2D eigenvalue weighted by atomic mass is 32.1. The molecule has 0 saturated carbocycles. The lowest BCUT2D eigenvalue weighted by molar-refractivity contribution is 0.0169. The van der Waals surface area contributed by atoms with Gasteiger partial charge in [0, 0.05) is 0 Å². The first-order chi connectivity index (χ1) is 7.06. The number of aryl methyl sites for hydroxylation is 2. The van der Waals surface area contributed by atoms with Crippen molar-refractivity contribution in [3.8, 4) is 0 Å². The van der Waals surface area contributed by atoms with Gasteiger partial charge in [-0.05, 0) is 37.1 Å². The molecule has 84 valence electrons. The van der Waals surface area contributed by atoms with E-state index in [9.17, 15) is 10.2 Å². The summed E-state index contributed by atoms with van der Waals surface area (Å²) in [4.78, 5) is 0. The van der Waals surface area contributed by atoms with Crippen LogP contribution in [0, 0.1) is 13.8 Å². The molecule has 0 amide bonds. The average molecular weight is 226 g/mol. The second-order valence-corrected chi connectivity index (χ2v) is 4.33. The smallest absolute Gasteiger partial charge is 0.105 e. The Morgan fingerprint density at radius 3 is 2.47 bits per heavy atom. The summed E-state index contributed by atoms with van der Waals surface area (Å²) in [5.74, 6) is 0.573. The van der Waals surface area contributed by atoms with E-state index in [4.69, 9.17) is 0 Å². The summed E-state index contributed by atoms with van der Waals surface area (Å²) in [5.41, 5.74) is 2.97. The molecule has 1 aromatic rings. The van der Waals surface area contributed by atoms with E-state index in [-0.39, 0.29) is 0 Å². The molecule has 2 N–H and O–H groups in total. The van der Waals surface area contributed by atoms with Gasteiger partial charge in [-0.3, -0.25) is 0 Å². The van der Waals surface area contributed by atoms with Crippen molar-refractivity contribution in [3.05, 3.63) is 34.9 Å². The SMILES string of the molecule is Cc1ccc(C(O)C(O)CCS)c(C)c1. The molecule has 1 aromatic carbocycles. The minimum Gasteiger partial charge on any atom is -0.390 e. The summed E-state index contributed by atoms with van der Waals surface area (Å²) in [6, 6.07) is 5.82. The summed E-state index contributed by atoms with van der Waals surface area (Å²) in [5, 5.41) is 19.6. The van der Waals surface area contributed by atoms with Crippen LogP contribution in [0.25, 0.3) is 0 Å². The van der Waals surface area contributed by atoms with Gasteiger partial charge in [0.2, 0.25) is 0 Å². The molecule has 0 spiro atoms. The minimum absolute atomic E-state index is 0.498. The summed E-state index contributed by atoms with van der Waals surface area (Å²) >= 11 is 4.04. The van der Waals surface area contributed by atoms with E-state index in [0.29, 0.717) is 12.2 Å². The first kappa shape index (κ1) is 12.6. The van der Waals surface area contributed by atoms with Crippen LogP contribution in [0.1, 0.15) is 29.2 Å². The van der Waals surface area contributed by atoms with Crippen molar-refractivity contribution in [1.29, 1.82) is 0 Å². The quantitative estimate of drug-likeness (QED) is 0.687. The van der Waals surface area contributed by atoms with Gasteiger partial charge < -0.3 is 10.2 Å². The molecule has 2 unspecified atom stereocenters. The summed E-state index contributed by atoms with van der Waals surface area (Å²) < 4.78 is 0. The lowest BCUT2D eigenvalue weighted by Crippen LogP contribution is -2.19. The van der Waals surface area contributed by atoms with Gasteiger partial charge in [0.15, 0.2) is 0 Å². The first-order valence-corrected chi connectivity index (χ1v) is 5.73. The monoisotopic (exact) mass is 226 g/mol. The highest BCUT2D eigenvalue weighted by Gasteiger charge is 2.18. The molecule has 2 nitrogen and oxygen atoms in total. The van der Waals surface area contributed by atoms with Crippen molar-refractivity contribution < 1.29 is 10.2 Å². The number of aliphatic hydroxyl groups is 2. The maximum atomic E-state index is 9.91. The fraction of sp³-hybridized carbons (Fsp3) is 0.500. The lowest BCUT2D eigenvalue weighted by Gasteiger charge is -2.19. The molecular formula is C12H18O2S. The number of thiol groups is 1. The van der Waals surface area contributed by atoms with Gasteiger partial charge in [0.05, 0.1) is 6.10 Å². The highest BCUT2D eigenvalue weighted by Crippen LogP contribution is 2.23. The third kappa shape index (κ3) is 3.23. The highest BCUT2D eigenvalue weighted by molar-refractivity contribution is 7.80. The van der Waals surface area contributed by atoms with Crippen molar-refractivity contribution in [2.24, 2.45) is 0 Å². The molecule has 15 heavy (non-hydrogen) atoms. The number of aliphatic hydroxyl groups excluding tert-OH is 2. The van der Waals surface area contributed by atoms with E-state index in [0.717, 1.165) is 16.7 Å². The van der Waals surface area contributed by atoms with Gasteiger partial charge >= 0.3 is 0 Å². The molecular weight excluding hydrogens is 208 g/mol. The van der Waals surface area contributed by atoms with Crippen molar-refractivity contribution in [1.82, 2.24) is 0 Å². The second kappa shape index (κ2) is 5.54. The Morgan fingerprint density at radius 1 is 1.27 bits per heavy atom. The number of hydrogen-bond donors (Lipinski definition) is 3. The minimum atomic E-state index is -0.808. The lowest BCUT2D eigenvalue weighted by atomic mass is 9.97. The van der Waals surface area contributed by atoms with Gasteiger partial charge in [-0.1, -0.05) is 23.8 Å². The van der Waals surface area contributed by atoms with E-state index in [1.165, 1.54) is 0 Å². The number of hydrogen-bond acceptors (Lipinski definition) is 3. The number of rotatable bonds is 4. The predicted octanol–water partition coefficient (Wildman–Crippen LogP) is 2.02. The molecule has 0 bridgehead atoms. The van der Waals surface area contributed by atoms with Gasteiger partial charge in [-0.15, -0.1) is 0 Å². The van der Waals surface area contributed by atoms with E-state index in [1.807, 2.05) is 32.0 Å². The summed E-state index contributed by atoms with van der Waals surface area (Å²) in [6.07, 6.45) is -1.04. The van der Waals surface area contributed by atoms with E-state index in [1.54, 1.807) is 0 Å². The van der Waals surface area contributed by atoms with E-state index < -0.39 is 12.2 Å². The summed E-state index contributed by atoms with van der Waals surface area (Å²) in [7, 11) is 0. The molecule has 0 aliphatic carbocycles. The molecule has 3 heteroatoms.